The van der Waals surface area contributed by atoms with Gasteiger partial charge in [-0.3, -0.25) is 4.90 Å². The van der Waals surface area contributed by atoms with Gasteiger partial charge in [0.25, 0.3) is 0 Å². The molecule has 7 nitrogen and oxygen atoms in total. The maximum absolute atomic E-state index is 11.7. The molecule has 0 spiro atoms. The molecule has 0 radical (unpaired) electrons. The van der Waals surface area contributed by atoms with Crippen LogP contribution in [0.4, 0.5) is 9.59 Å². The summed E-state index contributed by atoms with van der Waals surface area (Å²) in [6.45, 7) is 9.20. The molecule has 2 aliphatic rings. The van der Waals surface area contributed by atoms with E-state index in [1.165, 1.54) is 0 Å². The summed E-state index contributed by atoms with van der Waals surface area (Å²) in [4.78, 5) is 29.4. The molecule has 2 saturated heterocycles. The van der Waals surface area contributed by atoms with Gasteiger partial charge in [-0.1, -0.05) is 0 Å². The van der Waals surface area contributed by atoms with Gasteiger partial charge in [-0.2, -0.15) is 0 Å². The molecule has 0 aliphatic carbocycles. The topological polar surface area (TPSA) is 62.3 Å². The summed E-state index contributed by atoms with van der Waals surface area (Å²) in [5.41, 5.74) is 0. The minimum absolute atomic E-state index is 0.201. The summed E-state index contributed by atoms with van der Waals surface area (Å²) in [6.07, 6.45) is 1.53. The quantitative estimate of drug-likeness (QED) is 0.788. The van der Waals surface area contributed by atoms with Gasteiger partial charge in [0.1, 0.15) is 0 Å². The second kappa shape index (κ2) is 8.22. The summed E-state index contributed by atoms with van der Waals surface area (Å²) in [7, 11) is 0. The fourth-order valence-electron chi connectivity index (χ4n) is 3.11. The third-order valence-electron chi connectivity index (χ3n) is 4.35. The molecular weight excluding hydrogens is 286 g/mol. The Morgan fingerprint density at radius 2 is 1.27 bits per heavy atom. The molecule has 0 aromatic carbocycles. The van der Waals surface area contributed by atoms with Gasteiger partial charge < -0.3 is 19.3 Å². The number of rotatable bonds is 3. The molecule has 0 aromatic heterocycles. The molecular formula is C15H27N3O4. The minimum atomic E-state index is -0.209. The SMILES string of the molecule is CCOC(=O)N1CCC(N2CCN(C(=O)OCC)CC2)CC1. The van der Waals surface area contributed by atoms with Crippen LogP contribution in [0.15, 0.2) is 0 Å². The number of ether oxygens (including phenoxy) is 2. The Morgan fingerprint density at radius 1 is 0.818 bits per heavy atom. The van der Waals surface area contributed by atoms with E-state index in [-0.39, 0.29) is 12.2 Å². The van der Waals surface area contributed by atoms with Gasteiger partial charge in [0.05, 0.1) is 13.2 Å². The molecule has 2 rings (SSSR count). The van der Waals surface area contributed by atoms with Crippen LogP contribution in [0.25, 0.3) is 0 Å². The first-order valence-electron chi connectivity index (χ1n) is 8.23. The summed E-state index contributed by atoms with van der Waals surface area (Å²) in [6, 6.07) is 0.495. The Kier molecular flexibility index (Phi) is 6.30. The fourth-order valence-corrected chi connectivity index (χ4v) is 3.11. The number of hydrogen-bond acceptors (Lipinski definition) is 5. The van der Waals surface area contributed by atoms with E-state index in [1.807, 2.05) is 13.8 Å². The second-order valence-corrected chi connectivity index (χ2v) is 5.64. The summed E-state index contributed by atoms with van der Waals surface area (Å²) in [5.74, 6) is 0. The summed E-state index contributed by atoms with van der Waals surface area (Å²) >= 11 is 0. The zero-order valence-corrected chi connectivity index (χ0v) is 13.6. The third kappa shape index (κ3) is 4.25. The van der Waals surface area contributed by atoms with Crippen LogP contribution in [-0.2, 0) is 9.47 Å². The molecule has 2 aliphatic heterocycles. The Bertz CT molecular complexity index is 339. The number of carbonyl (C=O) groups is 2. The van der Waals surface area contributed by atoms with Crippen molar-refractivity contribution in [2.45, 2.75) is 32.7 Å². The van der Waals surface area contributed by atoms with Gasteiger partial charge in [0.2, 0.25) is 0 Å². The first-order valence-corrected chi connectivity index (χ1v) is 8.23. The molecule has 0 N–H and O–H groups in total. The predicted molar refractivity (Wildman–Crippen MR) is 81.8 cm³/mol. The Balaban J connectivity index is 1.72. The van der Waals surface area contributed by atoms with E-state index in [4.69, 9.17) is 9.47 Å². The monoisotopic (exact) mass is 313 g/mol. The number of piperidine rings is 1. The van der Waals surface area contributed by atoms with Gasteiger partial charge in [-0.25, -0.2) is 9.59 Å². The van der Waals surface area contributed by atoms with Crippen molar-refractivity contribution >= 4 is 12.2 Å². The lowest BCUT2D eigenvalue weighted by molar-refractivity contribution is 0.0427. The lowest BCUT2D eigenvalue weighted by Gasteiger charge is -2.42. The molecule has 2 amide bonds. The van der Waals surface area contributed by atoms with Gasteiger partial charge in [-0.15, -0.1) is 0 Å². The van der Waals surface area contributed by atoms with Crippen molar-refractivity contribution < 1.29 is 19.1 Å². The molecule has 7 heteroatoms. The molecule has 0 atom stereocenters. The van der Waals surface area contributed by atoms with Crippen LogP contribution < -0.4 is 0 Å². The molecule has 126 valence electrons. The van der Waals surface area contributed by atoms with E-state index in [0.29, 0.717) is 19.3 Å². The van der Waals surface area contributed by atoms with E-state index in [2.05, 4.69) is 4.90 Å². The lowest BCUT2D eigenvalue weighted by Crippen LogP contribution is -2.54. The second-order valence-electron chi connectivity index (χ2n) is 5.64. The number of carbonyl (C=O) groups excluding carboxylic acids is 2. The third-order valence-corrected chi connectivity index (χ3v) is 4.35. The van der Waals surface area contributed by atoms with Crippen LogP contribution in [0.5, 0.6) is 0 Å². The number of nitrogens with zero attached hydrogens (tertiary/aromatic N) is 3. The van der Waals surface area contributed by atoms with Crippen LogP contribution in [-0.4, -0.2) is 85.4 Å². The van der Waals surface area contributed by atoms with Gasteiger partial charge in [0, 0.05) is 45.3 Å². The van der Waals surface area contributed by atoms with Crippen molar-refractivity contribution in [3.05, 3.63) is 0 Å². The fraction of sp³-hybridized carbons (Fsp3) is 0.867. The maximum Gasteiger partial charge on any atom is 0.409 e. The van der Waals surface area contributed by atoms with E-state index >= 15 is 0 Å². The van der Waals surface area contributed by atoms with Crippen molar-refractivity contribution in [3.63, 3.8) is 0 Å². The molecule has 0 unspecified atom stereocenters. The molecule has 22 heavy (non-hydrogen) atoms. The van der Waals surface area contributed by atoms with E-state index in [1.54, 1.807) is 9.80 Å². The number of amides is 2. The highest BCUT2D eigenvalue weighted by atomic mass is 16.6. The predicted octanol–water partition coefficient (Wildman–Crippen LogP) is 1.38. The maximum atomic E-state index is 11.7. The minimum Gasteiger partial charge on any atom is -0.450 e. The van der Waals surface area contributed by atoms with Crippen LogP contribution in [0.2, 0.25) is 0 Å². The highest BCUT2D eigenvalue weighted by Gasteiger charge is 2.30. The Hall–Kier alpha value is -1.50. The normalized spacial score (nSPS) is 20.8. The first-order chi connectivity index (χ1) is 10.7. The van der Waals surface area contributed by atoms with Gasteiger partial charge in [-0.05, 0) is 26.7 Å². The highest BCUT2D eigenvalue weighted by Crippen LogP contribution is 2.19. The van der Waals surface area contributed by atoms with Crippen LogP contribution in [0, 0.1) is 0 Å². The van der Waals surface area contributed by atoms with E-state index < -0.39 is 0 Å². The average molecular weight is 313 g/mol. The molecule has 0 saturated carbocycles. The van der Waals surface area contributed by atoms with E-state index in [0.717, 1.165) is 52.1 Å². The summed E-state index contributed by atoms with van der Waals surface area (Å²) in [5, 5.41) is 0. The van der Waals surface area contributed by atoms with Crippen molar-refractivity contribution in [2.24, 2.45) is 0 Å². The Labute approximate surface area is 132 Å². The van der Waals surface area contributed by atoms with Crippen molar-refractivity contribution in [1.82, 2.24) is 14.7 Å². The molecule has 2 heterocycles. The van der Waals surface area contributed by atoms with Crippen molar-refractivity contribution in [2.75, 3.05) is 52.5 Å². The molecule has 2 fully saturated rings. The van der Waals surface area contributed by atoms with Crippen LogP contribution in [0.1, 0.15) is 26.7 Å². The zero-order chi connectivity index (χ0) is 15.9. The number of hydrogen-bond donors (Lipinski definition) is 0. The highest BCUT2D eigenvalue weighted by molar-refractivity contribution is 5.68. The standard InChI is InChI=1S/C15H27N3O4/c1-3-21-14(19)17-7-5-13(6-8-17)16-9-11-18(12-10-16)15(20)22-4-2/h13H,3-12H2,1-2H3. The van der Waals surface area contributed by atoms with Gasteiger partial charge in [0.15, 0.2) is 0 Å². The van der Waals surface area contributed by atoms with Crippen molar-refractivity contribution in [3.8, 4) is 0 Å². The Morgan fingerprint density at radius 3 is 1.73 bits per heavy atom. The van der Waals surface area contributed by atoms with E-state index in [9.17, 15) is 9.59 Å². The first kappa shape index (κ1) is 16.9. The zero-order valence-electron chi connectivity index (χ0n) is 13.6. The molecule has 0 aromatic rings. The van der Waals surface area contributed by atoms with Crippen molar-refractivity contribution in [1.29, 1.82) is 0 Å². The number of piperazine rings is 1. The molecule has 0 bridgehead atoms. The lowest BCUT2D eigenvalue weighted by atomic mass is 10.0. The smallest absolute Gasteiger partial charge is 0.409 e. The largest absolute Gasteiger partial charge is 0.450 e. The van der Waals surface area contributed by atoms with Crippen LogP contribution in [0.3, 0.4) is 0 Å². The average Bonchev–Trinajstić information content (AvgIpc) is 2.55. The van der Waals surface area contributed by atoms with Gasteiger partial charge >= 0.3 is 12.2 Å². The number of likely N-dealkylation sites (tertiary alicyclic amines) is 1. The van der Waals surface area contributed by atoms with Crippen LogP contribution >= 0.6 is 0 Å². The summed E-state index contributed by atoms with van der Waals surface area (Å²) < 4.78 is 10.1.